The van der Waals surface area contributed by atoms with Crippen molar-refractivity contribution in [3.8, 4) is 11.5 Å². The first-order valence-corrected chi connectivity index (χ1v) is 7.21. The molecule has 2 aromatic rings. The molecule has 1 unspecified atom stereocenters. The molecule has 1 aliphatic rings. The number of benzene rings is 1. The molecule has 1 atom stereocenters. The molecule has 0 fully saturated rings. The van der Waals surface area contributed by atoms with E-state index in [1.54, 1.807) is 7.11 Å². The van der Waals surface area contributed by atoms with Gasteiger partial charge >= 0.3 is 0 Å². The second-order valence-corrected chi connectivity index (χ2v) is 5.45. The zero-order valence-electron chi connectivity index (χ0n) is 12.7. The van der Waals surface area contributed by atoms with Crippen molar-refractivity contribution in [1.82, 2.24) is 15.1 Å². The van der Waals surface area contributed by atoms with Crippen molar-refractivity contribution in [2.24, 2.45) is 7.05 Å². The zero-order chi connectivity index (χ0) is 14.8. The van der Waals surface area contributed by atoms with Gasteiger partial charge in [-0.2, -0.15) is 5.10 Å². The Hall–Kier alpha value is -2.01. The summed E-state index contributed by atoms with van der Waals surface area (Å²) in [5.41, 5.74) is 3.50. The summed E-state index contributed by atoms with van der Waals surface area (Å²) in [5, 5.41) is 7.59. The highest BCUT2D eigenvalue weighted by molar-refractivity contribution is 5.48. The van der Waals surface area contributed by atoms with E-state index in [1.165, 1.54) is 5.56 Å². The van der Waals surface area contributed by atoms with E-state index in [0.717, 1.165) is 42.3 Å². The summed E-state index contributed by atoms with van der Waals surface area (Å²) in [4.78, 5) is 0. The zero-order valence-corrected chi connectivity index (χ0v) is 12.7. The molecule has 0 spiro atoms. The van der Waals surface area contributed by atoms with Gasteiger partial charge in [-0.1, -0.05) is 0 Å². The van der Waals surface area contributed by atoms with Crippen LogP contribution in [0.2, 0.25) is 0 Å². The van der Waals surface area contributed by atoms with Gasteiger partial charge in [-0.15, -0.1) is 0 Å². The highest BCUT2D eigenvalue weighted by atomic mass is 16.5. The SMILES string of the molecule is COc1cc2c(cc1CNCc1ccnn1C)OC(C)C2. The first kappa shape index (κ1) is 13.9. The molecule has 21 heavy (non-hydrogen) atoms. The molecule has 0 saturated heterocycles. The number of nitrogens with one attached hydrogen (secondary N) is 1. The molecule has 5 nitrogen and oxygen atoms in total. The van der Waals surface area contributed by atoms with Crippen LogP contribution in [0.15, 0.2) is 24.4 Å². The van der Waals surface area contributed by atoms with Crippen LogP contribution in [0.5, 0.6) is 11.5 Å². The lowest BCUT2D eigenvalue weighted by Crippen LogP contribution is -2.15. The summed E-state index contributed by atoms with van der Waals surface area (Å²) in [6.45, 7) is 3.60. The summed E-state index contributed by atoms with van der Waals surface area (Å²) < 4.78 is 13.2. The summed E-state index contributed by atoms with van der Waals surface area (Å²) in [5.74, 6) is 1.91. The van der Waals surface area contributed by atoms with E-state index in [4.69, 9.17) is 9.47 Å². The van der Waals surface area contributed by atoms with Gasteiger partial charge < -0.3 is 14.8 Å². The van der Waals surface area contributed by atoms with Crippen LogP contribution in [0.25, 0.3) is 0 Å². The Morgan fingerprint density at radius 1 is 1.43 bits per heavy atom. The van der Waals surface area contributed by atoms with Crippen molar-refractivity contribution in [2.45, 2.75) is 32.5 Å². The Labute approximate surface area is 124 Å². The van der Waals surface area contributed by atoms with Crippen molar-refractivity contribution in [2.75, 3.05) is 7.11 Å². The van der Waals surface area contributed by atoms with Gasteiger partial charge in [0.1, 0.15) is 17.6 Å². The van der Waals surface area contributed by atoms with E-state index in [0.29, 0.717) is 0 Å². The molecule has 1 aliphatic heterocycles. The van der Waals surface area contributed by atoms with Gasteiger partial charge in [-0.25, -0.2) is 0 Å². The summed E-state index contributed by atoms with van der Waals surface area (Å²) >= 11 is 0. The smallest absolute Gasteiger partial charge is 0.123 e. The lowest BCUT2D eigenvalue weighted by Gasteiger charge is -2.12. The molecule has 1 N–H and O–H groups in total. The number of ether oxygens (including phenoxy) is 2. The molecule has 2 heterocycles. The average Bonchev–Trinajstić information content (AvgIpc) is 3.02. The fraction of sp³-hybridized carbons (Fsp3) is 0.438. The number of nitrogens with zero attached hydrogens (tertiary/aromatic N) is 2. The molecule has 5 heteroatoms. The van der Waals surface area contributed by atoms with Crippen molar-refractivity contribution in [1.29, 1.82) is 0 Å². The Bertz CT molecular complexity index is 636. The number of methoxy groups -OCH3 is 1. The van der Waals surface area contributed by atoms with Crippen LogP contribution >= 0.6 is 0 Å². The number of aryl methyl sites for hydroxylation is 1. The second-order valence-electron chi connectivity index (χ2n) is 5.45. The van der Waals surface area contributed by atoms with Crippen molar-refractivity contribution >= 4 is 0 Å². The van der Waals surface area contributed by atoms with Crippen LogP contribution in [-0.4, -0.2) is 23.0 Å². The minimum absolute atomic E-state index is 0.252. The Morgan fingerprint density at radius 3 is 3.00 bits per heavy atom. The third-order valence-electron chi connectivity index (χ3n) is 3.84. The van der Waals surface area contributed by atoms with E-state index in [-0.39, 0.29) is 6.10 Å². The number of hydrogen-bond acceptors (Lipinski definition) is 4. The lowest BCUT2D eigenvalue weighted by atomic mass is 10.1. The minimum atomic E-state index is 0.252. The first-order valence-electron chi connectivity index (χ1n) is 7.21. The van der Waals surface area contributed by atoms with Gasteiger partial charge in [0, 0.05) is 43.9 Å². The number of aromatic nitrogens is 2. The number of fused-ring (bicyclic) bond motifs is 1. The van der Waals surface area contributed by atoms with Gasteiger partial charge in [0.05, 0.1) is 12.8 Å². The number of rotatable bonds is 5. The van der Waals surface area contributed by atoms with E-state index in [9.17, 15) is 0 Å². The van der Waals surface area contributed by atoms with Crippen molar-refractivity contribution < 1.29 is 9.47 Å². The summed E-state index contributed by atoms with van der Waals surface area (Å²) in [6.07, 6.45) is 3.01. The Balaban J connectivity index is 1.70. The van der Waals surface area contributed by atoms with Gasteiger partial charge in [0.15, 0.2) is 0 Å². The molecular weight excluding hydrogens is 266 g/mol. The third-order valence-corrected chi connectivity index (χ3v) is 3.84. The van der Waals surface area contributed by atoms with Gasteiger partial charge in [0.25, 0.3) is 0 Å². The average molecular weight is 287 g/mol. The minimum Gasteiger partial charge on any atom is -0.496 e. The third kappa shape index (κ3) is 2.88. The Kier molecular flexibility index (Phi) is 3.84. The van der Waals surface area contributed by atoms with E-state index < -0.39 is 0 Å². The van der Waals surface area contributed by atoms with Gasteiger partial charge in [0.2, 0.25) is 0 Å². The van der Waals surface area contributed by atoms with Crippen molar-refractivity contribution in [3.05, 3.63) is 41.2 Å². The van der Waals surface area contributed by atoms with Crippen LogP contribution < -0.4 is 14.8 Å². The molecule has 112 valence electrons. The predicted octanol–water partition coefficient (Wildman–Crippen LogP) is 2.04. The van der Waals surface area contributed by atoms with Crippen LogP contribution in [0.1, 0.15) is 23.7 Å². The number of hydrogen-bond donors (Lipinski definition) is 1. The molecule has 3 rings (SSSR count). The first-order chi connectivity index (χ1) is 10.2. The van der Waals surface area contributed by atoms with E-state index in [1.807, 2.05) is 24.0 Å². The quantitative estimate of drug-likeness (QED) is 0.914. The topological polar surface area (TPSA) is 48.3 Å². The van der Waals surface area contributed by atoms with E-state index >= 15 is 0 Å². The Morgan fingerprint density at radius 2 is 2.29 bits per heavy atom. The fourth-order valence-electron chi connectivity index (χ4n) is 2.71. The summed E-state index contributed by atoms with van der Waals surface area (Å²) in [6, 6.07) is 6.20. The predicted molar refractivity (Wildman–Crippen MR) is 80.5 cm³/mol. The largest absolute Gasteiger partial charge is 0.496 e. The molecule has 0 radical (unpaired) electrons. The van der Waals surface area contributed by atoms with Crippen molar-refractivity contribution in [3.63, 3.8) is 0 Å². The molecule has 1 aromatic carbocycles. The van der Waals surface area contributed by atoms with Crippen LogP contribution in [0.3, 0.4) is 0 Å². The molecular formula is C16H21N3O2. The summed E-state index contributed by atoms with van der Waals surface area (Å²) in [7, 11) is 3.66. The maximum absolute atomic E-state index is 5.82. The fourth-order valence-corrected chi connectivity index (χ4v) is 2.71. The lowest BCUT2D eigenvalue weighted by molar-refractivity contribution is 0.254. The maximum atomic E-state index is 5.82. The highest BCUT2D eigenvalue weighted by Crippen LogP contribution is 2.34. The van der Waals surface area contributed by atoms with Crippen LogP contribution in [-0.2, 0) is 26.6 Å². The monoisotopic (exact) mass is 287 g/mol. The maximum Gasteiger partial charge on any atom is 0.123 e. The van der Waals surface area contributed by atoms with Crippen LogP contribution in [0.4, 0.5) is 0 Å². The molecule has 1 aromatic heterocycles. The second kappa shape index (κ2) is 5.77. The van der Waals surface area contributed by atoms with Gasteiger partial charge in [-0.05, 0) is 25.1 Å². The highest BCUT2D eigenvalue weighted by Gasteiger charge is 2.21. The van der Waals surface area contributed by atoms with Crippen LogP contribution in [0, 0.1) is 0 Å². The molecule has 0 amide bonds. The molecule has 0 bridgehead atoms. The molecule has 0 aliphatic carbocycles. The standard InChI is InChI=1S/C16H21N3O2/c1-11-6-12-7-15(20-3)13(8-16(12)21-11)9-17-10-14-4-5-18-19(14)2/h4-5,7-8,11,17H,6,9-10H2,1-3H3. The molecule has 0 saturated carbocycles. The normalized spacial score (nSPS) is 16.6. The van der Waals surface area contributed by atoms with Gasteiger partial charge in [-0.3, -0.25) is 4.68 Å². The van der Waals surface area contributed by atoms with E-state index in [2.05, 4.69) is 29.5 Å².